The predicted octanol–water partition coefficient (Wildman–Crippen LogP) is 2.78. The number of hydrogen-bond donors (Lipinski definition) is 1. The van der Waals surface area contributed by atoms with Gasteiger partial charge < -0.3 is 5.73 Å². The maximum absolute atomic E-state index is 6.36. The van der Waals surface area contributed by atoms with Crippen molar-refractivity contribution in [1.29, 1.82) is 0 Å². The van der Waals surface area contributed by atoms with Crippen LogP contribution in [0.5, 0.6) is 0 Å². The molecule has 0 spiro atoms. The minimum atomic E-state index is 0.0295. The van der Waals surface area contributed by atoms with Gasteiger partial charge in [-0.05, 0) is 43.9 Å². The molecule has 0 amide bonds. The fourth-order valence-corrected chi connectivity index (χ4v) is 2.82. The van der Waals surface area contributed by atoms with Crippen LogP contribution < -0.4 is 5.73 Å². The van der Waals surface area contributed by atoms with Crippen molar-refractivity contribution in [2.24, 2.45) is 5.73 Å². The second kappa shape index (κ2) is 6.18. The molecule has 2 aromatic rings. The minimum Gasteiger partial charge on any atom is -0.326 e. The third kappa shape index (κ3) is 2.61. The number of aromatic nitrogens is 3. The third-order valence-electron chi connectivity index (χ3n) is 3.99. The van der Waals surface area contributed by atoms with Crippen LogP contribution >= 0.6 is 0 Å². The lowest BCUT2D eigenvalue weighted by atomic mass is 9.99. The Hall–Kier alpha value is -1.68. The van der Waals surface area contributed by atoms with Gasteiger partial charge in [-0.2, -0.15) is 5.10 Å². The van der Waals surface area contributed by atoms with Gasteiger partial charge in [-0.15, -0.1) is 0 Å². The number of nitrogens with two attached hydrogens (primary N) is 1. The average molecular weight is 272 g/mol. The molecular formula is C16H24N4. The van der Waals surface area contributed by atoms with Gasteiger partial charge in [0.05, 0.1) is 11.7 Å². The van der Waals surface area contributed by atoms with E-state index >= 15 is 0 Å². The quantitative estimate of drug-likeness (QED) is 0.910. The van der Waals surface area contributed by atoms with Crippen molar-refractivity contribution in [3.05, 3.63) is 47.0 Å². The molecule has 2 rings (SSSR count). The van der Waals surface area contributed by atoms with E-state index in [2.05, 4.69) is 43.4 Å². The van der Waals surface area contributed by atoms with Crippen molar-refractivity contribution in [2.75, 3.05) is 0 Å². The van der Waals surface area contributed by atoms with Gasteiger partial charge in [-0.1, -0.05) is 19.9 Å². The molecule has 0 aliphatic rings. The largest absolute Gasteiger partial charge is 0.326 e. The normalized spacial score (nSPS) is 14.2. The summed E-state index contributed by atoms with van der Waals surface area (Å²) >= 11 is 0. The number of pyridine rings is 1. The zero-order valence-corrected chi connectivity index (χ0v) is 12.8. The van der Waals surface area contributed by atoms with E-state index in [4.69, 9.17) is 10.8 Å². The molecule has 4 heteroatoms. The first-order valence-corrected chi connectivity index (χ1v) is 7.30. The second-order valence-corrected chi connectivity index (χ2v) is 5.25. The molecule has 2 heterocycles. The summed E-state index contributed by atoms with van der Waals surface area (Å²) in [4.78, 5) is 4.23. The van der Waals surface area contributed by atoms with Crippen LogP contribution in [0.4, 0.5) is 0 Å². The standard InChI is InChI=1S/C16H24N4/c1-5-14-11(3)19-20(12(14)4)16(15(17)6-2)13-8-7-9-18-10-13/h7-10,15-16H,5-6,17H2,1-4H3. The summed E-state index contributed by atoms with van der Waals surface area (Å²) in [7, 11) is 0. The molecule has 0 fully saturated rings. The van der Waals surface area contributed by atoms with Crippen LogP contribution in [-0.4, -0.2) is 20.8 Å². The monoisotopic (exact) mass is 272 g/mol. The Morgan fingerprint density at radius 1 is 1.30 bits per heavy atom. The topological polar surface area (TPSA) is 56.7 Å². The average Bonchev–Trinajstić information content (AvgIpc) is 2.74. The van der Waals surface area contributed by atoms with Gasteiger partial charge in [-0.3, -0.25) is 9.67 Å². The van der Waals surface area contributed by atoms with E-state index < -0.39 is 0 Å². The van der Waals surface area contributed by atoms with E-state index in [1.807, 2.05) is 12.3 Å². The highest BCUT2D eigenvalue weighted by molar-refractivity contribution is 5.28. The van der Waals surface area contributed by atoms with E-state index in [1.54, 1.807) is 6.20 Å². The van der Waals surface area contributed by atoms with Gasteiger partial charge in [0, 0.05) is 24.1 Å². The predicted molar refractivity (Wildman–Crippen MR) is 81.7 cm³/mol. The third-order valence-corrected chi connectivity index (χ3v) is 3.99. The molecule has 0 aliphatic heterocycles. The lowest BCUT2D eigenvalue weighted by molar-refractivity contribution is 0.414. The number of hydrogen-bond acceptors (Lipinski definition) is 3. The zero-order chi connectivity index (χ0) is 14.7. The van der Waals surface area contributed by atoms with Crippen LogP contribution in [-0.2, 0) is 6.42 Å². The number of rotatable bonds is 5. The molecule has 20 heavy (non-hydrogen) atoms. The summed E-state index contributed by atoms with van der Waals surface area (Å²) in [5.41, 5.74) is 11.1. The lowest BCUT2D eigenvalue weighted by Gasteiger charge is -2.25. The zero-order valence-electron chi connectivity index (χ0n) is 12.8. The molecule has 0 radical (unpaired) electrons. The van der Waals surface area contributed by atoms with E-state index in [0.717, 1.165) is 24.1 Å². The molecule has 2 unspecified atom stereocenters. The Morgan fingerprint density at radius 3 is 2.55 bits per heavy atom. The summed E-state index contributed by atoms with van der Waals surface area (Å²) in [5, 5.41) is 4.74. The van der Waals surface area contributed by atoms with Crippen molar-refractivity contribution in [1.82, 2.24) is 14.8 Å². The van der Waals surface area contributed by atoms with Gasteiger partial charge in [0.1, 0.15) is 0 Å². The smallest absolute Gasteiger partial charge is 0.0937 e. The second-order valence-electron chi connectivity index (χ2n) is 5.25. The molecule has 0 aliphatic carbocycles. The Kier molecular flexibility index (Phi) is 4.55. The number of nitrogens with zero attached hydrogens (tertiary/aromatic N) is 3. The molecule has 2 aromatic heterocycles. The SMILES string of the molecule is CCc1c(C)nn(C(c2cccnc2)C(N)CC)c1C. The highest BCUT2D eigenvalue weighted by atomic mass is 15.3. The molecule has 108 valence electrons. The molecule has 2 atom stereocenters. The summed E-state index contributed by atoms with van der Waals surface area (Å²) in [6.07, 6.45) is 5.58. The van der Waals surface area contributed by atoms with E-state index in [9.17, 15) is 0 Å². The maximum Gasteiger partial charge on any atom is 0.0937 e. The molecule has 0 saturated heterocycles. The Balaban J connectivity index is 2.53. The fourth-order valence-electron chi connectivity index (χ4n) is 2.82. The van der Waals surface area contributed by atoms with Crippen LogP contribution in [0.25, 0.3) is 0 Å². The van der Waals surface area contributed by atoms with E-state index in [0.29, 0.717) is 0 Å². The van der Waals surface area contributed by atoms with Crippen molar-refractivity contribution in [3.63, 3.8) is 0 Å². The van der Waals surface area contributed by atoms with Gasteiger partial charge in [0.15, 0.2) is 0 Å². The van der Waals surface area contributed by atoms with Gasteiger partial charge in [-0.25, -0.2) is 0 Å². The molecule has 2 N–H and O–H groups in total. The van der Waals surface area contributed by atoms with Crippen molar-refractivity contribution >= 4 is 0 Å². The van der Waals surface area contributed by atoms with E-state index in [1.165, 1.54) is 11.3 Å². The molecule has 0 bridgehead atoms. The molecule has 0 saturated carbocycles. The molecule has 0 aromatic carbocycles. The summed E-state index contributed by atoms with van der Waals surface area (Å²) in [6.45, 7) is 8.48. The van der Waals surface area contributed by atoms with Crippen molar-refractivity contribution < 1.29 is 0 Å². The van der Waals surface area contributed by atoms with Crippen LogP contribution in [0, 0.1) is 13.8 Å². The first kappa shape index (κ1) is 14.7. The van der Waals surface area contributed by atoms with Gasteiger partial charge >= 0.3 is 0 Å². The summed E-state index contributed by atoms with van der Waals surface area (Å²) in [6, 6.07) is 4.11. The van der Waals surface area contributed by atoms with Crippen LogP contribution in [0.15, 0.2) is 24.5 Å². The lowest BCUT2D eigenvalue weighted by Crippen LogP contribution is -2.33. The van der Waals surface area contributed by atoms with E-state index in [-0.39, 0.29) is 12.1 Å². The van der Waals surface area contributed by atoms with Gasteiger partial charge in [0.25, 0.3) is 0 Å². The maximum atomic E-state index is 6.36. The van der Waals surface area contributed by atoms with Crippen molar-refractivity contribution in [3.8, 4) is 0 Å². The molecular weight excluding hydrogens is 248 g/mol. The first-order valence-electron chi connectivity index (χ1n) is 7.30. The number of aryl methyl sites for hydroxylation is 1. The van der Waals surface area contributed by atoms with Gasteiger partial charge in [0.2, 0.25) is 0 Å². The highest BCUT2D eigenvalue weighted by Crippen LogP contribution is 2.26. The summed E-state index contributed by atoms with van der Waals surface area (Å²) in [5.74, 6) is 0. The van der Waals surface area contributed by atoms with Crippen LogP contribution in [0.3, 0.4) is 0 Å². The Morgan fingerprint density at radius 2 is 2.05 bits per heavy atom. The Bertz CT molecular complexity index is 559. The van der Waals surface area contributed by atoms with Crippen molar-refractivity contribution in [2.45, 2.75) is 52.6 Å². The Labute approximate surface area is 121 Å². The highest BCUT2D eigenvalue weighted by Gasteiger charge is 2.24. The fraction of sp³-hybridized carbons (Fsp3) is 0.500. The van der Waals surface area contributed by atoms with Crippen LogP contribution in [0.2, 0.25) is 0 Å². The first-order chi connectivity index (χ1) is 9.60. The molecule has 4 nitrogen and oxygen atoms in total. The summed E-state index contributed by atoms with van der Waals surface area (Å²) < 4.78 is 2.08. The van der Waals surface area contributed by atoms with Crippen LogP contribution in [0.1, 0.15) is 48.8 Å². The minimum absolute atomic E-state index is 0.0295.